The summed E-state index contributed by atoms with van der Waals surface area (Å²) in [6, 6.07) is 13.9. The Kier molecular flexibility index (Phi) is 3.96. The van der Waals surface area contributed by atoms with Crippen molar-refractivity contribution in [2.24, 2.45) is 5.92 Å². The lowest BCUT2D eigenvalue weighted by Gasteiger charge is -2.32. The second kappa shape index (κ2) is 6.05. The van der Waals surface area contributed by atoms with Gasteiger partial charge in [0.2, 0.25) is 0 Å². The predicted molar refractivity (Wildman–Crippen MR) is 83.5 cm³/mol. The molecule has 1 fully saturated rings. The number of carboxylic acids is 1. The van der Waals surface area contributed by atoms with Crippen molar-refractivity contribution in [3.05, 3.63) is 48.0 Å². The lowest BCUT2D eigenvalue weighted by atomic mass is 9.80. The maximum Gasteiger partial charge on any atom is 0.315 e. The molecule has 3 N–H and O–H groups in total. The average molecular weight is 298 g/mol. The number of hydrogen-bond acceptors (Lipinski definition) is 2. The van der Waals surface area contributed by atoms with Crippen molar-refractivity contribution in [1.29, 1.82) is 0 Å². The van der Waals surface area contributed by atoms with Crippen LogP contribution >= 0.6 is 0 Å². The van der Waals surface area contributed by atoms with Crippen LogP contribution in [0.4, 0.5) is 4.79 Å². The molecule has 0 spiro atoms. The molecule has 0 bridgehead atoms. The van der Waals surface area contributed by atoms with Crippen molar-refractivity contribution in [3.63, 3.8) is 0 Å². The van der Waals surface area contributed by atoms with E-state index in [-0.39, 0.29) is 18.0 Å². The first-order chi connectivity index (χ1) is 10.6. The number of nitrogens with one attached hydrogen (secondary N) is 2. The van der Waals surface area contributed by atoms with E-state index in [4.69, 9.17) is 5.11 Å². The lowest BCUT2D eigenvalue weighted by molar-refractivity contribution is -0.145. The summed E-state index contributed by atoms with van der Waals surface area (Å²) in [6.07, 6.45) is 1.03. The number of carboxylic acid groups (broad SMARTS) is 1. The van der Waals surface area contributed by atoms with Gasteiger partial charge in [-0.15, -0.1) is 0 Å². The number of benzene rings is 2. The maximum atomic E-state index is 11.8. The first kappa shape index (κ1) is 14.4. The van der Waals surface area contributed by atoms with E-state index in [1.807, 2.05) is 30.3 Å². The van der Waals surface area contributed by atoms with Gasteiger partial charge in [-0.2, -0.15) is 0 Å². The van der Waals surface area contributed by atoms with Gasteiger partial charge in [0.25, 0.3) is 0 Å². The van der Waals surface area contributed by atoms with Crippen LogP contribution in [0.1, 0.15) is 18.4 Å². The van der Waals surface area contributed by atoms with E-state index in [2.05, 4.69) is 22.8 Å². The van der Waals surface area contributed by atoms with Gasteiger partial charge in [-0.1, -0.05) is 36.4 Å². The molecular weight excluding hydrogens is 280 g/mol. The Morgan fingerprint density at radius 2 is 1.82 bits per heavy atom. The van der Waals surface area contributed by atoms with Crippen LogP contribution in [0.15, 0.2) is 42.5 Å². The average Bonchev–Trinajstić information content (AvgIpc) is 2.47. The zero-order chi connectivity index (χ0) is 15.5. The van der Waals surface area contributed by atoms with Crippen LogP contribution in [0.2, 0.25) is 0 Å². The van der Waals surface area contributed by atoms with Crippen LogP contribution in [0.3, 0.4) is 0 Å². The molecule has 0 aliphatic heterocycles. The van der Waals surface area contributed by atoms with Crippen molar-refractivity contribution in [2.45, 2.75) is 25.4 Å². The van der Waals surface area contributed by atoms with Crippen LogP contribution in [-0.2, 0) is 11.3 Å². The molecule has 1 aliphatic rings. The molecular formula is C17H18N2O3. The van der Waals surface area contributed by atoms with E-state index >= 15 is 0 Å². The zero-order valence-electron chi connectivity index (χ0n) is 12.1. The fourth-order valence-electron chi connectivity index (χ4n) is 2.70. The van der Waals surface area contributed by atoms with Gasteiger partial charge < -0.3 is 15.7 Å². The summed E-state index contributed by atoms with van der Waals surface area (Å²) < 4.78 is 0. The summed E-state index contributed by atoms with van der Waals surface area (Å²) in [6.45, 7) is 0.450. The second-order valence-corrected chi connectivity index (χ2v) is 5.71. The highest BCUT2D eigenvalue weighted by Crippen LogP contribution is 2.27. The third kappa shape index (κ3) is 3.19. The molecule has 0 saturated heterocycles. The minimum atomic E-state index is -0.783. The molecule has 114 valence electrons. The Balaban J connectivity index is 1.49. The van der Waals surface area contributed by atoms with Gasteiger partial charge in [0.1, 0.15) is 0 Å². The molecule has 5 heteroatoms. The molecule has 1 saturated carbocycles. The standard InChI is InChI=1S/C17H18N2O3/c20-16(21)14-8-15(9-14)19-17(22)18-10-11-5-6-12-3-1-2-4-13(12)7-11/h1-7,14-15H,8-10H2,(H,20,21)(H2,18,19,22). The van der Waals surface area contributed by atoms with E-state index in [1.54, 1.807) is 0 Å². The molecule has 0 aromatic heterocycles. The Morgan fingerprint density at radius 3 is 2.55 bits per heavy atom. The van der Waals surface area contributed by atoms with Crippen molar-refractivity contribution in [1.82, 2.24) is 10.6 Å². The molecule has 0 radical (unpaired) electrons. The van der Waals surface area contributed by atoms with E-state index in [9.17, 15) is 9.59 Å². The molecule has 3 rings (SSSR count). The van der Waals surface area contributed by atoms with E-state index in [1.165, 1.54) is 5.39 Å². The number of hydrogen-bond donors (Lipinski definition) is 3. The molecule has 2 aromatic rings. The summed E-state index contributed by atoms with van der Waals surface area (Å²) in [7, 11) is 0. The predicted octanol–water partition coefficient (Wildman–Crippen LogP) is 2.50. The highest BCUT2D eigenvalue weighted by atomic mass is 16.4. The highest BCUT2D eigenvalue weighted by molar-refractivity contribution is 5.83. The molecule has 2 amide bonds. The normalized spacial score (nSPS) is 20.2. The van der Waals surface area contributed by atoms with Gasteiger partial charge in [0.15, 0.2) is 0 Å². The van der Waals surface area contributed by atoms with E-state index in [0.29, 0.717) is 19.4 Å². The number of carbonyl (C=O) groups excluding carboxylic acids is 1. The Labute approximate surface area is 128 Å². The van der Waals surface area contributed by atoms with Crippen molar-refractivity contribution < 1.29 is 14.7 Å². The third-order valence-electron chi connectivity index (χ3n) is 4.09. The Bertz CT molecular complexity index is 708. The van der Waals surface area contributed by atoms with Gasteiger partial charge in [-0.05, 0) is 35.2 Å². The number of aliphatic carboxylic acids is 1. The van der Waals surface area contributed by atoms with Crippen LogP contribution in [0, 0.1) is 5.92 Å². The first-order valence-corrected chi connectivity index (χ1v) is 7.36. The molecule has 1 aliphatic carbocycles. The lowest BCUT2D eigenvalue weighted by Crippen LogP contribution is -2.49. The second-order valence-electron chi connectivity index (χ2n) is 5.71. The van der Waals surface area contributed by atoms with Gasteiger partial charge in [-0.3, -0.25) is 4.79 Å². The molecule has 22 heavy (non-hydrogen) atoms. The van der Waals surface area contributed by atoms with Crippen LogP contribution < -0.4 is 10.6 Å². The van der Waals surface area contributed by atoms with E-state index in [0.717, 1.165) is 10.9 Å². The largest absolute Gasteiger partial charge is 0.481 e. The number of carbonyl (C=O) groups is 2. The Hall–Kier alpha value is -2.56. The van der Waals surface area contributed by atoms with Crippen LogP contribution in [0.5, 0.6) is 0 Å². The van der Waals surface area contributed by atoms with E-state index < -0.39 is 5.97 Å². The SMILES string of the molecule is O=C(NCc1ccc2ccccc2c1)NC1CC(C(=O)O)C1. The summed E-state index contributed by atoms with van der Waals surface area (Å²) in [5, 5.41) is 16.7. The molecule has 2 aromatic carbocycles. The van der Waals surface area contributed by atoms with Crippen molar-refractivity contribution >= 4 is 22.8 Å². The molecule has 0 unspecified atom stereocenters. The quantitative estimate of drug-likeness (QED) is 0.811. The smallest absolute Gasteiger partial charge is 0.315 e. The summed E-state index contributed by atoms with van der Waals surface area (Å²) in [4.78, 5) is 22.5. The zero-order valence-corrected chi connectivity index (χ0v) is 12.1. The minimum absolute atomic E-state index is 0.0299. The minimum Gasteiger partial charge on any atom is -0.481 e. The first-order valence-electron chi connectivity index (χ1n) is 7.36. The highest BCUT2D eigenvalue weighted by Gasteiger charge is 2.35. The number of fused-ring (bicyclic) bond motifs is 1. The topological polar surface area (TPSA) is 78.4 Å². The Morgan fingerprint density at radius 1 is 1.09 bits per heavy atom. The van der Waals surface area contributed by atoms with Crippen molar-refractivity contribution in [2.75, 3.05) is 0 Å². The van der Waals surface area contributed by atoms with Crippen LogP contribution in [-0.4, -0.2) is 23.1 Å². The van der Waals surface area contributed by atoms with Gasteiger partial charge in [0.05, 0.1) is 5.92 Å². The monoisotopic (exact) mass is 298 g/mol. The summed E-state index contributed by atoms with van der Waals surface area (Å²) in [5.74, 6) is -1.10. The maximum absolute atomic E-state index is 11.8. The third-order valence-corrected chi connectivity index (χ3v) is 4.09. The van der Waals surface area contributed by atoms with Gasteiger partial charge >= 0.3 is 12.0 Å². The van der Waals surface area contributed by atoms with Gasteiger partial charge in [-0.25, -0.2) is 4.79 Å². The fourth-order valence-corrected chi connectivity index (χ4v) is 2.70. The number of rotatable bonds is 4. The fraction of sp³-hybridized carbons (Fsp3) is 0.294. The molecule has 0 heterocycles. The van der Waals surface area contributed by atoms with Crippen LogP contribution in [0.25, 0.3) is 10.8 Å². The van der Waals surface area contributed by atoms with Gasteiger partial charge in [0, 0.05) is 12.6 Å². The van der Waals surface area contributed by atoms with Crippen molar-refractivity contribution in [3.8, 4) is 0 Å². The number of urea groups is 1. The summed E-state index contributed by atoms with van der Waals surface area (Å²) >= 11 is 0. The molecule has 0 atom stereocenters. The number of amides is 2. The molecule has 5 nitrogen and oxygen atoms in total. The summed E-state index contributed by atoms with van der Waals surface area (Å²) in [5.41, 5.74) is 1.03.